The van der Waals surface area contributed by atoms with E-state index >= 15 is 0 Å². The number of sulfonamides is 1. The van der Waals surface area contributed by atoms with Crippen LogP contribution in [-0.2, 0) is 40.5 Å². The third kappa shape index (κ3) is 3.79. The summed E-state index contributed by atoms with van der Waals surface area (Å²) in [6.07, 6.45) is 5.83. The van der Waals surface area contributed by atoms with Crippen LogP contribution >= 0.6 is 0 Å². The molecule has 0 spiro atoms. The topological polar surface area (TPSA) is 118 Å². The van der Waals surface area contributed by atoms with Gasteiger partial charge in [0, 0.05) is 5.69 Å². The fourth-order valence-corrected chi connectivity index (χ4v) is 5.36. The Balaban J connectivity index is 1.57. The molecule has 2 aliphatic carbocycles. The molecule has 0 heterocycles. The second kappa shape index (κ2) is 7.75. The Morgan fingerprint density at radius 1 is 1.00 bits per heavy atom. The highest BCUT2D eigenvalue weighted by molar-refractivity contribution is 7.90. The monoisotopic (exact) mass is 427 g/mol. The number of primary amides is 1. The van der Waals surface area contributed by atoms with Gasteiger partial charge in [0.05, 0.1) is 10.8 Å². The van der Waals surface area contributed by atoms with E-state index in [2.05, 4.69) is 16.1 Å². The van der Waals surface area contributed by atoms with Crippen LogP contribution in [0.4, 0.5) is 10.5 Å². The molecular formula is C22H25N3O4S. The Hall–Kier alpha value is -2.87. The molecule has 4 rings (SSSR count). The van der Waals surface area contributed by atoms with Gasteiger partial charge in [-0.3, -0.25) is 4.79 Å². The highest BCUT2D eigenvalue weighted by Gasteiger charge is 2.26. The lowest BCUT2D eigenvalue weighted by Crippen LogP contribution is -2.35. The van der Waals surface area contributed by atoms with Crippen LogP contribution in [0.25, 0.3) is 0 Å². The zero-order chi connectivity index (χ0) is 21.5. The predicted octanol–water partition coefficient (Wildman–Crippen LogP) is 2.76. The summed E-state index contributed by atoms with van der Waals surface area (Å²) in [4.78, 5) is 24.0. The van der Waals surface area contributed by atoms with E-state index in [1.54, 1.807) is 13.0 Å². The third-order valence-electron chi connectivity index (χ3n) is 6.03. The van der Waals surface area contributed by atoms with Gasteiger partial charge in [-0.15, -0.1) is 0 Å². The van der Waals surface area contributed by atoms with Gasteiger partial charge in [-0.2, -0.15) is 0 Å². The van der Waals surface area contributed by atoms with Crippen molar-refractivity contribution in [1.29, 1.82) is 0 Å². The zero-order valence-corrected chi connectivity index (χ0v) is 17.6. The van der Waals surface area contributed by atoms with Gasteiger partial charge in [0.25, 0.3) is 10.0 Å². The minimum absolute atomic E-state index is 0.0910. The number of nitrogens with two attached hydrogens (primary N) is 1. The average Bonchev–Trinajstić information content (AvgIpc) is 3.36. The number of carbonyl (C=O) groups is 2. The Kier molecular flexibility index (Phi) is 5.27. The van der Waals surface area contributed by atoms with E-state index < -0.39 is 27.9 Å². The summed E-state index contributed by atoms with van der Waals surface area (Å²) in [7, 11) is -4.10. The number of aryl methyl sites for hydroxylation is 2. The smallest absolute Gasteiger partial charge is 0.333 e. The average molecular weight is 428 g/mol. The molecule has 2 aromatic carbocycles. The quantitative estimate of drug-likeness (QED) is 0.680. The van der Waals surface area contributed by atoms with Gasteiger partial charge in [0.2, 0.25) is 5.91 Å². The van der Waals surface area contributed by atoms with Crippen molar-refractivity contribution in [1.82, 2.24) is 4.72 Å². The normalized spacial score (nSPS) is 15.9. The minimum Gasteiger partial charge on any atom is -0.369 e. The van der Waals surface area contributed by atoms with Crippen molar-refractivity contribution in [2.24, 2.45) is 5.73 Å². The maximum Gasteiger partial charge on any atom is 0.333 e. The summed E-state index contributed by atoms with van der Waals surface area (Å²) in [6.45, 7) is 1.60. The van der Waals surface area contributed by atoms with Crippen molar-refractivity contribution >= 4 is 27.6 Å². The lowest BCUT2D eigenvalue weighted by molar-refractivity contribution is -0.119. The summed E-state index contributed by atoms with van der Waals surface area (Å²) in [5, 5.41) is 2.82. The van der Waals surface area contributed by atoms with Crippen LogP contribution in [0.2, 0.25) is 0 Å². The van der Waals surface area contributed by atoms with Crippen LogP contribution in [0.3, 0.4) is 0 Å². The third-order valence-corrected chi connectivity index (χ3v) is 7.36. The molecule has 2 aromatic rings. The highest BCUT2D eigenvalue weighted by Crippen LogP contribution is 2.38. The van der Waals surface area contributed by atoms with Gasteiger partial charge in [0.1, 0.15) is 0 Å². The molecule has 0 radical (unpaired) electrons. The van der Waals surface area contributed by atoms with Crippen molar-refractivity contribution in [2.75, 3.05) is 5.32 Å². The number of amides is 3. The second-order valence-electron chi connectivity index (χ2n) is 7.99. The molecule has 0 aromatic heterocycles. The maximum atomic E-state index is 12.8. The van der Waals surface area contributed by atoms with Gasteiger partial charge in [0.15, 0.2) is 0 Å². The Morgan fingerprint density at radius 3 is 2.23 bits per heavy atom. The molecule has 7 nitrogen and oxygen atoms in total. The molecular weight excluding hydrogens is 402 g/mol. The summed E-state index contributed by atoms with van der Waals surface area (Å²) in [5.74, 6) is -1.19. The van der Waals surface area contributed by atoms with Crippen molar-refractivity contribution in [3.8, 4) is 0 Å². The standard InChI is InChI=1S/C22H25N3O4S/c1-13(21(23)26)14-5-2-8-17(12-14)30(28,29)25-22(27)24-20-18-9-3-6-15(18)11-16-7-4-10-19(16)20/h2,5,8,11-13H,3-4,6-7,9-10H2,1H3,(H2,23,26)(H2,24,25,27). The Labute approximate surface area is 176 Å². The second-order valence-corrected chi connectivity index (χ2v) is 9.67. The minimum atomic E-state index is -4.10. The molecule has 0 fully saturated rings. The summed E-state index contributed by atoms with van der Waals surface area (Å²) < 4.78 is 27.6. The fourth-order valence-electron chi connectivity index (χ4n) is 4.40. The molecule has 4 N–H and O–H groups in total. The van der Waals surface area contributed by atoms with E-state index in [4.69, 9.17) is 5.73 Å². The molecule has 3 amide bonds. The summed E-state index contributed by atoms with van der Waals surface area (Å²) in [6, 6.07) is 7.37. The predicted molar refractivity (Wildman–Crippen MR) is 114 cm³/mol. The number of hydrogen-bond acceptors (Lipinski definition) is 4. The molecule has 0 aliphatic heterocycles. The first-order valence-electron chi connectivity index (χ1n) is 10.2. The van der Waals surface area contributed by atoms with Gasteiger partial charge in [-0.1, -0.05) is 18.2 Å². The van der Waals surface area contributed by atoms with Crippen molar-refractivity contribution in [3.63, 3.8) is 0 Å². The van der Waals surface area contributed by atoms with Crippen molar-refractivity contribution in [2.45, 2.75) is 56.3 Å². The molecule has 0 bridgehead atoms. The molecule has 1 atom stereocenters. The van der Waals surface area contributed by atoms with Crippen LogP contribution in [0.5, 0.6) is 0 Å². The number of carbonyl (C=O) groups excluding carboxylic acids is 2. The molecule has 8 heteroatoms. The van der Waals surface area contributed by atoms with E-state index in [0.29, 0.717) is 5.56 Å². The molecule has 0 saturated carbocycles. The molecule has 158 valence electrons. The first-order chi connectivity index (χ1) is 14.3. The van der Waals surface area contributed by atoms with Gasteiger partial charge >= 0.3 is 6.03 Å². The van der Waals surface area contributed by atoms with Crippen LogP contribution < -0.4 is 15.8 Å². The number of anilines is 1. The van der Waals surface area contributed by atoms with E-state index in [9.17, 15) is 18.0 Å². The van der Waals surface area contributed by atoms with Crippen LogP contribution in [-0.4, -0.2) is 20.4 Å². The molecule has 2 aliphatic rings. The number of hydrogen-bond donors (Lipinski definition) is 3. The number of fused-ring (bicyclic) bond motifs is 2. The highest BCUT2D eigenvalue weighted by atomic mass is 32.2. The van der Waals surface area contributed by atoms with Gasteiger partial charge in [-0.05, 0) is 85.4 Å². The fraction of sp³-hybridized carbons (Fsp3) is 0.364. The van der Waals surface area contributed by atoms with E-state index in [-0.39, 0.29) is 4.90 Å². The van der Waals surface area contributed by atoms with Crippen LogP contribution in [0.1, 0.15) is 53.5 Å². The summed E-state index contributed by atoms with van der Waals surface area (Å²) in [5.41, 5.74) is 11.3. The zero-order valence-electron chi connectivity index (χ0n) is 16.8. The number of urea groups is 1. The first kappa shape index (κ1) is 20.4. The molecule has 1 unspecified atom stereocenters. The number of benzene rings is 2. The van der Waals surface area contributed by atoms with Crippen molar-refractivity contribution < 1.29 is 18.0 Å². The number of nitrogens with one attached hydrogen (secondary N) is 2. The van der Waals surface area contributed by atoms with Gasteiger partial charge < -0.3 is 11.1 Å². The SMILES string of the molecule is CC(C(N)=O)c1cccc(S(=O)(=O)NC(=O)Nc2c3c(cc4c2CCC4)CCC3)c1. The van der Waals surface area contributed by atoms with Gasteiger partial charge in [-0.25, -0.2) is 17.9 Å². The molecule has 0 saturated heterocycles. The van der Waals surface area contributed by atoms with Crippen molar-refractivity contribution in [3.05, 3.63) is 58.1 Å². The molecule has 30 heavy (non-hydrogen) atoms. The largest absolute Gasteiger partial charge is 0.369 e. The van der Waals surface area contributed by atoms with Crippen LogP contribution in [0, 0.1) is 0 Å². The number of rotatable bonds is 5. The van der Waals surface area contributed by atoms with Crippen LogP contribution in [0.15, 0.2) is 35.2 Å². The Morgan fingerprint density at radius 2 is 1.63 bits per heavy atom. The lowest BCUT2D eigenvalue weighted by atomic mass is 9.99. The Bertz CT molecular complexity index is 1110. The summed E-state index contributed by atoms with van der Waals surface area (Å²) >= 11 is 0. The van der Waals surface area contributed by atoms with E-state index in [1.807, 2.05) is 0 Å². The lowest BCUT2D eigenvalue weighted by Gasteiger charge is -2.17. The van der Waals surface area contributed by atoms with E-state index in [0.717, 1.165) is 55.3 Å². The maximum absolute atomic E-state index is 12.8. The van der Waals surface area contributed by atoms with E-state index in [1.165, 1.54) is 29.3 Å². The first-order valence-corrected chi connectivity index (χ1v) is 11.6.